The lowest BCUT2D eigenvalue weighted by Crippen LogP contribution is -2.51. The molecule has 0 saturated carbocycles. The molecule has 37 heavy (non-hydrogen) atoms. The minimum atomic E-state index is -0.539. The SMILES string of the molecule is CC(C)(C)OC(=O)N1CCN(C(=O)c2ccc(CN(Cc3ccccn3)Cc3ccccn3)nc2)CC1. The Morgan fingerprint density at radius 1 is 0.784 bits per heavy atom. The minimum Gasteiger partial charge on any atom is -0.444 e. The van der Waals surface area contributed by atoms with E-state index in [-0.39, 0.29) is 12.0 Å². The molecule has 1 saturated heterocycles. The van der Waals surface area contributed by atoms with Crippen molar-refractivity contribution >= 4 is 12.0 Å². The van der Waals surface area contributed by atoms with Gasteiger partial charge in [0.05, 0.1) is 22.6 Å². The van der Waals surface area contributed by atoms with Crippen molar-refractivity contribution in [2.75, 3.05) is 26.2 Å². The van der Waals surface area contributed by atoms with Gasteiger partial charge in [-0.3, -0.25) is 24.6 Å². The second-order valence-corrected chi connectivity index (χ2v) is 10.1. The highest BCUT2D eigenvalue weighted by atomic mass is 16.6. The van der Waals surface area contributed by atoms with Gasteiger partial charge in [0.25, 0.3) is 5.91 Å². The summed E-state index contributed by atoms with van der Waals surface area (Å²) in [5, 5.41) is 0. The topological polar surface area (TPSA) is 91.8 Å². The fourth-order valence-electron chi connectivity index (χ4n) is 4.08. The molecule has 0 bridgehead atoms. The summed E-state index contributed by atoms with van der Waals surface area (Å²) < 4.78 is 5.44. The van der Waals surface area contributed by atoms with E-state index in [4.69, 9.17) is 4.74 Å². The number of hydrogen-bond acceptors (Lipinski definition) is 7. The van der Waals surface area contributed by atoms with Gasteiger partial charge in [-0.15, -0.1) is 0 Å². The van der Waals surface area contributed by atoms with E-state index in [0.29, 0.717) is 51.4 Å². The average Bonchev–Trinajstić information content (AvgIpc) is 2.89. The van der Waals surface area contributed by atoms with Crippen molar-refractivity contribution in [1.82, 2.24) is 29.7 Å². The Kier molecular flexibility index (Phi) is 8.45. The van der Waals surface area contributed by atoms with E-state index < -0.39 is 5.60 Å². The van der Waals surface area contributed by atoms with Gasteiger partial charge in [0.2, 0.25) is 0 Å². The molecule has 0 aromatic carbocycles. The van der Waals surface area contributed by atoms with Crippen molar-refractivity contribution < 1.29 is 14.3 Å². The molecule has 0 aliphatic carbocycles. The minimum absolute atomic E-state index is 0.0817. The molecule has 3 aromatic rings. The third-order valence-electron chi connectivity index (χ3n) is 5.90. The Balaban J connectivity index is 1.36. The third kappa shape index (κ3) is 7.82. The van der Waals surface area contributed by atoms with Crippen LogP contribution in [0.1, 0.15) is 48.2 Å². The highest BCUT2D eigenvalue weighted by molar-refractivity contribution is 5.94. The van der Waals surface area contributed by atoms with Crippen LogP contribution in [0.2, 0.25) is 0 Å². The third-order valence-corrected chi connectivity index (χ3v) is 5.90. The number of hydrogen-bond donors (Lipinski definition) is 0. The maximum Gasteiger partial charge on any atom is 0.410 e. The summed E-state index contributed by atoms with van der Waals surface area (Å²) in [5.41, 5.74) is 2.79. The van der Waals surface area contributed by atoms with Crippen molar-refractivity contribution in [3.05, 3.63) is 89.8 Å². The lowest BCUT2D eigenvalue weighted by atomic mass is 10.2. The summed E-state index contributed by atoms with van der Waals surface area (Å²) in [6, 6.07) is 15.5. The molecule has 194 valence electrons. The fraction of sp³-hybridized carbons (Fsp3) is 0.393. The van der Waals surface area contributed by atoms with Crippen molar-refractivity contribution in [1.29, 1.82) is 0 Å². The van der Waals surface area contributed by atoms with Crippen LogP contribution in [0.15, 0.2) is 67.1 Å². The average molecular weight is 503 g/mol. The summed E-state index contributed by atoms with van der Waals surface area (Å²) in [6.45, 7) is 9.25. The Bertz CT molecular complexity index is 1120. The highest BCUT2D eigenvalue weighted by Gasteiger charge is 2.28. The number of amides is 2. The molecule has 9 heteroatoms. The molecule has 9 nitrogen and oxygen atoms in total. The summed E-state index contributed by atoms with van der Waals surface area (Å²) in [4.78, 5) is 44.5. The van der Waals surface area contributed by atoms with Crippen LogP contribution < -0.4 is 0 Å². The van der Waals surface area contributed by atoms with Crippen molar-refractivity contribution in [3.63, 3.8) is 0 Å². The summed E-state index contributed by atoms with van der Waals surface area (Å²) >= 11 is 0. The van der Waals surface area contributed by atoms with E-state index in [2.05, 4.69) is 19.9 Å². The summed E-state index contributed by atoms with van der Waals surface area (Å²) in [6.07, 6.45) is 4.88. The Labute approximate surface area is 218 Å². The van der Waals surface area contributed by atoms with Gasteiger partial charge in [0.1, 0.15) is 5.60 Å². The van der Waals surface area contributed by atoms with E-state index in [1.165, 1.54) is 0 Å². The number of ether oxygens (including phenoxy) is 1. The largest absolute Gasteiger partial charge is 0.444 e. The van der Waals surface area contributed by atoms with Gasteiger partial charge >= 0.3 is 6.09 Å². The molecule has 0 spiro atoms. The van der Waals surface area contributed by atoms with Crippen LogP contribution in [0.4, 0.5) is 4.79 Å². The second kappa shape index (κ2) is 11.9. The van der Waals surface area contributed by atoms with Crippen LogP contribution in [0, 0.1) is 0 Å². The first-order valence-corrected chi connectivity index (χ1v) is 12.5. The molecule has 0 unspecified atom stereocenters. The maximum absolute atomic E-state index is 13.0. The molecule has 3 aromatic heterocycles. The van der Waals surface area contributed by atoms with Gasteiger partial charge in [0, 0.05) is 64.4 Å². The number of aromatic nitrogens is 3. The monoisotopic (exact) mass is 502 g/mol. The lowest BCUT2D eigenvalue weighted by molar-refractivity contribution is 0.0141. The number of piperazine rings is 1. The zero-order chi connectivity index (χ0) is 26.3. The predicted octanol–water partition coefficient (Wildman–Crippen LogP) is 3.77. The van der Waals surface area contributed by atoms with Gasteiger partial charge in [-0.2, -0.15) is 0 Å². The molecule has 0 radical (unpaired) electrons. The molecule has 4 rings (SSSR count). The molecule has 1 aliphatic heterocycles. The van der Waals surface area contributed by atoms with E-state index >= 15 is 0 Å². The van der Waals surface area contributed by atoms with E-state index in [0.717, 1.165) is 17.1 Å². The van der Waals surface area contributed by atoms with Crippen LogP contribution in [-0.2, 0) is 24.4 Å². The van der Waals surface area contributed by atoms with Gasteiger partial charge in [-0.1, -0.05) is 12.1 Å². The van der Waals surface area contributed by atoms with Crippen LogP contribution in [0.5, 0.6) is 0 Å². The number of nitrogens with zero attached hydrogens (tertiary/aromatic N) is 6. The molecule has 2 amide bonds. The molecule has 0 atom stereocenters. The van der Waals surface area contributed by atoms with Crippen molar-refractivity contribution in [2.24, 2.45) is 0 Å². The maximum atomic E-state index is 13.0. The Morgan fingerprint density at radius 3 is 1.78 bits per heavy atom. The molecule has 1 fully saturated rings. The van der Waals surface area contributed by atoms with Crippen LogP contribution >= 0.6 is 0 Å². The molecular weight excluding hydrogens is 468 g/mol. The number of pyridine rings is 3. The lowest BCUT2D eigenvalue weighted by Gasteiger charge is -2.35. The van der Waals surface area contributed by atoms with Gasteiger partial charge in [-0.05, 0) is 57.2 Å². The van der Waals surface area contributed by atoms with Crippen LogP contribution in [0.3, 0.4) is 0 Å². The van der Waals surface area contributed by atoms with Gasteiger partial charge < -0.3 is 14.5 Å². The van der Waals surface area contributed by atoms with E-state index in [1.807, 2.05) is 69.3 Å². The zero-order valence-electron chi connectivity index (χ0n) is 21.7. The Morgan fingerprint density at radius 2 is 1.32 bits per heavy atom. The summed E-state index contributed by atoms with van der Waals surface area (Å²) in [5.74, 6) is -0.0817. The first-order valence-electron chi connectivity index (χ1n) is 12.5. The van der Waals surface area contributed by atoms with Crippen molar-refractivity contribution in [3.8, 4) is 0 Å². The predicted molar refractivity (Wildman–Crippen MR) is 139 cm³/mol. The zero-order valence-corrected chi connectivity index (χ0v) is 21.7. The molecular formula is C28H34N6O3. The van der Waals surface area contributed by atoms with Crippen LogP contribution in [0.25, 0.3) is 0 Å². The number of rotatable bonds is 7. The molecule has 1 aliphatic rings. The van der Waals surface area contributed by atoms with E-state index in [1.54, 1.807) is 28.4 Å². The standard InChI is InChI=1S/C28H34N6O3/c1-28(2,3)37-27(36)34-16-14-33(15-17-34)26(35)22-10-11-25(31-18-22)21-32(19-23-8-4-6-12-29-23)20-24-9-5-7-13-30-24/h4-13,18H,14-17,19-21H2,1-3H3. The summed E-state index contributed by atoms with van der Waals surface area (Å²) in [7, 11) is 0. The normalized spacial score (nSPS) is 14.1. The van der Waals surface area contributed by atoms with Gasteiger partial charge in [-0.25, -0.2) is 4.79 Å². The quantitative estimate of drug-likeness (QED) is 0.486. The Hall–Kier alpha value is -3.85. The fourth-order valence-corrected chi connectivity index (χ4v) is 4.08. The number of carbonyl (C=O) groups is 2. The first kappa shape index (κ1) is 26.2. The molecule has 4 heterocycles. The first-order chi connectivity index (χ1) is 17.8. The molecule has 0 N–H and O–H groups in total. The second-order valence-electron chi connectivity index (χ2n) is 10.1. The van der Waals surface area contributed by atoms with E-state index in [9.17, 15) is 9.59 Å². The number of carbonyl (C=O) groups excluding carboxylic acids is 2. The van der Waals surface area contributed by atoms with Crippen LogP contribution in [-0.4, -0.2) is 73.4 Å². The highest BCUT2D eigenvalue weighted by Crippen LogP contribution is 2.15. The van der Waals surface area contributed by atoms with Gasteiger partial charge in [0.15, 0.2) is 0 Å². The van der Waals surface area contributed by atoms with Crippen molar-refractivity contribution in [2.45, 2.75) is 46.0 Å². The smallest absolute Gasteiger partial charge is 0.410 e.